The zero-order valence-corrected chi connectivity index (χ0v) is 21.4. The van der Waals surface area contributed by atoms with Crippen molar-refractivity contribution in [3.63, 3.8) is 0 Å². The van der Waals surface area contributed by atoms with Gasteiger partial charge in [0, 0.05) is 18.5 Å². The fraction of sp³-hybridized carbons (Fsp3) is 0.333. The number of rotatable bonds is 9. The maximum atomic E-state index is 13.8. The lowest BCUT2D eigenvalue weighted by molar-refractivity contribution is -0.141. The van der Waals surface area contributed by atoms with Gasteiger partial charge in [0.05, 0.1) is 13.5 Å². The van der Waals surface area contributed by atoms with E-state index < -0.39 is 11.6 Å². The van der Waals surface area contributed by atoms with Crippen LogP contribution in [0.5, 0.6) is 5.75 Å². The van der Waals surface area contributed by atoms with E-state index in [-0.39, 0.29) is 18.2 Å². The van der Waals surface area contributed by atoms with Crippen molar-refractivity contribution in [3.05, 3.63) is 101 Å². The van der Waals surface area contributed by atoms with Crippen LogP contribution in [0.1, 0.15) is 43.0 Å². The van der Waals surface area contributed by atoms with E-state index in [1.165, 1.54) is 0 Å². The first kappa shape index (κ1) is 26.0. The molecular weight excluding hydrogens is 436 g/mol. The fourth-order valence-electron chi connectivity index (χ4n) is 4.07. The van der Waals surface area contributed by atoms with Crippen LogP contribution in [0.4, 0.5) is 0 Å². The summed E-state index contributed by atoms with van der Waals surface area (Å²) in [6.07, 6.45) is 0.645. The highest BCUT2D eigenvalue weighted by Crippen LogP contribution is 2.20. The fourth-order valence-corrected chi connectivity index (χ4v) is 4.07. The van der Waals surface area contributed by atoms with Crippen molar-refractivity contribution < 1.29 is 14.3 Å². The average molecular weight is 473 g/mol. The Morgan fingerprint density at radius 1 is 0.886 bits per heavy atom. The second-order valence-corrected chi connectivity index (χ2v) is 9.98. The number of carbonyl (C=O) groups excluding carboxylic acids is 2. The smallest absolute Gasteiger partial charge is 0.243 e. The third-order valence-corrected chi connectivity index (χ3v) is 5.69. The van der Waals surface area contributed by atoms with Crippen LogP contribution < -0.4 is 10.1 Å². The summed E-state index contributed by atoms with van der Waals surface area (Å²) in [6, 6.07) is 24.8. The molecule has 184 valence electrons. The molecule has 2 amide bonds. The van der Waals surface area contributed by atoms with Gasteiger partial charge in [-0.3, -0.25) is 9.59 Å². The first-order valence-electron chi connectivity index (χ1n) is 12.0. The van der Waals surface area contributed by atoms with E-state index in [9.17, 15) is 9.59 Å². The Morgan fingerprint density at radius 2 is 1.54 bits per heavy atom. The lowest BCUT2D eigenvalue weighted by Crippen LogP contribution is -2.54. The van der Waals surface area contributed by atoms with Crippen molar-refractivity contribution in [2.45, 2.75) is 58.7 Å². The minimum Gasteiger partial charge on any atom is -0.497 e. The summed E-state index contributed by atoms with van der Waals surface area (Å²) < 4.78 is 5.39. The van der Waals surface area contributed by atoms with Gasteiger partial charge < -0.3 is 15.0 Å². The molecule has 0 aliphatic heterocycles. The summed E-state index contributed by atoms with van der Waals surface area (Å²) in [4.78, 5) is 29.1. The SMILES string of the molecule is COc1cccc(CN(C(=O)Cc2cccc(C)c2)[C@@H](Cc2ccccc2)C(=O)NC(C)(C)C)c1. The van der Waals surface area contributed by atoms with Gasteiger partial charge in [-0.15, -0.1) is 0 Å². The van der Waals surface area contributed by atoms with Crippen LogP contribution in [0.3, 0.4) is 0 Å². The summed E-state index contributed by atoms with van der Waals surface area (Å²) in [6.45, 7) is 8.16. The molecule has 0 fully saturated rings. The zero-order valence-electron chi connectivity index (χ0n) is 21.4. The molecule has 0 spiro atoms. The van der Waals surface area contributed by atoms with E-state index >= 15 is 0 Å². The topological polar surface area (TPSA) is 58.6 Å². The van der Waals surface area contributed by atoms with E-state index in [1.807, 2.05) is 107 Å². The molecule has 3 rings (SSSR count). The van der Waals surface area contributed by atoms with E-state index in [1.54, 1.807) is 12.0 Å². The van der Waals surface area contributed by atoms with E-state index in [4.69, 9.17) is 4.74 Å². The van der Waals surface area contributed by atoms with Crippen LogP contribution in [0, 0.1) is 6.92 Å². The number of ether oxygens (including phenoxy) is 1. The summed E-state index contributed by atoms with van der Waals surface area (Å²) >= 11 is 0. The predicted octanol–water partition coefficient (Wildman–Crippen LogP) is 5.10. The molecule has 0 aliphatic rings. The largest absolute Gasteiger partial charge is 0.497 e. The van der Waals surface area contributed by atoms with Crippen molar-refractivity contribution in [1.82, 2.24) is 10.2 Å². The number of hydrogen-bond donors (Lipinski definition) is 1. The third kappa shape index (κ3) is 7.99. The lowest BCUT2D eigenvalue weighted by atomic mass is 9.99. The van der Waals surface area contributed by atoms with Crippen molar-refractivity contribution in [3.8, 4) is 5.75 Å². The highest BCUT2D eigenvalue weighted by atomic mass is 16.5. The molecule has 0 aliphatic carbocycles. The summed E-state index contributed by atoms with van der Waals surface area (Å²) in [5.74, 6) is 0.456. The van der Waals surface area contributed by atoms with Crippen molar-refractivity contribution >= 4 is 11.8 Å². The molecule has 3 aromatic rings. The maximum Gasteiger partial charge on any atom is 0.243 e. The van der Waals surface area contributed by atoms with Gasteiger partial charge in [0.2, 0.25) is 11.8 Å². The van der Waals surface area contributed by atoms with Crippen molar-refractivity contribution in [1.29, 1.82) is 0 Å². The molecule has 1 atom stereocenters. The highest BCUT2D eigenvalue weighted by molar-refractivity contribution is 5.89. The Balaban J connectivity index is 2.00. The predicted molar refractivity (Wildman–Crippen MR) is 140 cm³/mol. The minimum absolute atomic E-state index is 0.0941. The quantitative estimate of drug-likeness (QED) is 0.471. The van der Waals surface area contributed by atoms with E-state index in [0.29, 0.717) is 18.7 Å². The Labute approximate surface area is 209 Å². The third-order valence-electron chi connectivity index (χ3n) is 5.69. The highest BCUT2D eigenvalue weighted by Gasteiger charge is 2.32. The van der Waals surface area contributed by atoms with Crippen LogP contribution in [-0.4, -0.2) is 35.4 Å². The molecule has 0 heterocycles. The van der Waals surface area contributed by atoms with Gasteiger partial charge in [-0.05, 0) is 56.5 Å². The van der Waals surface area contributed by atoms with Crippen LogP contribution >= 0.6 is 0 Å². The van der Waals surface area contributed by atoms with Gasteiger partial charge in [0.1, 0.15) is 11.8 Å². The number of carbonyl (C=O) groups is 2. The lowest BCUT2D eigenvalue weighted by Gasteiger charge is -2.34. The number of aryl methyl sites for hydroxylation is 1. The van der Waals surface area contributed by atoms with Crippen LogP contribution in [0.2, 0.25) is 0 Å². The Morgan fingerprint density at radius 3 is 2.20 bits per heavy atom. The molecule has 5 heteroatoms. The second kappa shape index (κ2) is 11.7. The standard InChI is InChI=1S/C30H36N2O3/c1-22-11-9-14-24(17-22)20-28(33)32(21-25-15-10-16-26(18-25)35-5)27(29(34)31-30(2,3)4)19-23-12-7-6-8-13-23/h6-18,27H,19-21H2,1-5H3,(H,31,34)/t27-/m0/s1. The number of methoxy groups -OCH3 is 1. The van der Waals surface area contributed by atoms with E-state index in [2.05, 4.69) is 5.32 Å². The monoisotopic (exact) mass is 472 g/mol. The van der Waals surface area contributed by atoms with E-state index in [0.717, 1.165) is 22.3 Å². The molecule has 0 saturated carbocycles. The summed E-state index contributed by atoms with van der Waals surface area (Å²) in [5.41, 5.74) is 3.51. The Bertz CT molecular complexity index is 1140. The average Bonchev–Trinajstić information content (AvgIpc) is 2.81. The molecule has 0 bridgehead atoms. The van der Waals surface area contributed by atoms with Gasteiger partial charge in [0.15, 0.2) is 0 Å². The molecule has 3 aromatic carbocycles. The van der Waals surface area contributed by atoms with Gasteiger partial charge in [-0.2, -0.15) is 0 Å². The summed E-state index contributed by atoms with van der Waals surface area (Å²) in [7, 11) is 1.62. The maximum absolute atomic E-state index is 13.8. The normalized spacial score (nSPS) is 12.0. The molecule has 5 nitrogen and oxygen atoms in total. The van der Waals surface area contributed by atoms with Crippen LogP contribution in [0.25, 0.3) is 0 Å². The van der Waals surface area contributed by atoms with Gasteiger partial charge in [-0.1, -0.05) is 72.3 Å². The zero-order chi connectivity index (χ0) is 25.4. The Kier molecular flexibility index (Phi) is 8.69. The van der Waals surface area contributed by atoms with Crippen molar-refractivity contribution in [2.24, 2.45) is 0 Å². The first-order chi connectivity index (χ1) is 16.6. The number of benzene rings is 3. The number of amides is 2. The number of nitrogens with zero attached hydrogens (tertiary/aromatic N) is 1. The summed E-state index contributed by atoms with van der Waals surface area (Å²) in [5, 5.41) is 3.10. The number of nitrogens with one attached hydrogen (secondary N) is 1. The van der Waals surface area contributed by atoms with Crippen molar-refractivity contribution in [2.75, 3.05) is 7.11 Å². The molecule has 0 saturated heterocycles. The van der Waals surface area contributed by atoms with Crippen LogP contribution in [0.15, 0.2) is 78.9 Å². The van der Waals surface area contributed by atoms with Gasteiger partial charge >= 0.3 is 0 Å². The molecule has 0 unspecified atom stereocenters. The molecular formula is C30H36N2O3. The van der Waals surface area contributed by atoms with Crippen LogP contribution in [-0.2, 0) is 29.0 Å². The molecule has 1 N–H and O–H groups in total. The second-order valence-electron chi connectivity index (χ2n) is 9.98. The molecule has 0 radical (unpaired) electrons. The van der Waals surface area contributed by atoms with Gasteiger partial charge in [-0.25, -0.2) is 0 Å². The molecule has 0 aromatic heterocycles. The minimum atomic E-state index is -0.667. The van der Waals surface area contributed by atoms with Gasteiger partial charge in [0.25, 0.3) is 0 Å². The number of hydrogen-bond acceptors (Lipinski definition) is 3. The molecule has 35 heavy (non-hydrogen) atoms. The Hall–Kier alpha value is -3.60. The first-order valence-corrected chi connectivity index (χ1v) is 12.0.